The average Bonchev–Trinajstić information content (AvgIpc) is 3.33. The van der Waals surface area contributed by atoms with E-state index in [0.717, 1.165) is 6.42 Å². The molecule has 1 radical (unpaired) electrons. The number of rotatable bonds is 3. The zero-order chi connectivity index (χ0) is 23.9. The Labute approximate surface area is 219 Å². The number of carbonyl (C=O) groups excluding carboxylic acids is 1. The fourth-order valence-corrected chi connectivity index (χ4v) is 2.54. The van der Waals surface area contributed by atoms with Gasteiger partial charge in [0.2, 0.25) is 0 Å². The number of pyridine rings is 1. The minimum absolute atomic E-state index is 0. The fraction of sp³-hybridized carbons (Fsp3) is 0.536. The van der Waals surface area contributed by atoms with Crippen molar-refractivity contribution in [3.8, 4) is 0 Å². The molecule has 0 bridgehead atoms. The first-order valence-electron chi connectivity index (χ1n) is 11.8. The zero-order valence-corrected chi connectivity index (χ0v) is 25.0. The number of hydrogen-bond donors (Lipinski definition) is 0. The van der Waals surface area contributed by atoms with E-state index in [4.69, 9.17) is 0 Å². The van der Waals surface area contributed by atoms with Crippen LogP contribution in [0, 0.1) is 18.4 Å². The summed E-state index contributed by atoms with van der Waals surface area (Å²) in [6, 6.07) is 14.9. The Kier molecular flexibility index (Phi) is 32.6. The van der Waals surface area contributed by atoms with Crippen molar-refractivity contribution in [1.29, 1.82) is 0 Å². The molecule has 175 valence electrons. The summed E-state index contributed by atoms with van der Waals surface area (Å²) in [5, 5.41) is 0. The number of aromatic nitrogens is 1. The minimum Gasteiger partial charge on any atom is -0.326 e. The number of ketones is 1. The minimum atomic E-state index is 0. The number of aryl methyl sites for hydroxylation is 1. The van der Waals surface area contributed by atoms with Gasteiger partial charge in [0, 0.05) is 38.6 Å². The van der Waals surface area contributed by atoms with Crippen LogP contribution < -0.4 is 0 Å². The Morgan fingerprint density at radius 2 is 1.58 bits per heavy atom. The van der Waals surface area contributed by atoms with Crippen LogP contribution in [0.5, 0.6) is 0 Å². The standard InChI is InChI=1S/C12H15O.C8H8N.4C2H6.Y/c1-9(11(3)13)10(2)12-7-5-4-6-8-12;1-3-7-4-2-6-9-8(7)5-1;4*1-2;/h4-5,7-10H,1-3H3;2-4,6H,1,5H2;4*1-2H3;/q2*-1;;;;;. The van der Waals surface area contributed by atoms with Gasteiger partial charge < -0.3 is 4.98 Å². The summed E-state index contributed by atoms with van der Waals surface area (Å²) in [6.07, 6.45) is 6.41. The van der Waals surface area contributed by atoms with Gasteiger partial charge in [0.1, 0.15) is 5.78 Å². The largest absolute Gasteiger partial charge is 0.326 e. The van der Waals surface area contributed by atoms with Crippen LogP contribution in [-0.2, 0) is 43.9 Å². The molecule has 3 rings (SSSR count). The molecule has 0 amide bonds. The molecule has 1 aliphatic carbocycles. The summed E-state index contributed by atoms with van der Waals surface area (Å²) in [4.78, 5) is 15.4. The van der Waals surface area contributed by atoms with Crippen LogP contribution in [0.2, 0.25) is 0 Å². The van der Waals surface area contributed by atoms with Crippen molar-refractivity contribution in [2.24, 2.45) is 5.92 Å². The van der Waals surface area contributed by atoms with Gasteiger partial charge in [-0.25, -0.2) is 0 Å². The average molecular weight is 503 g/mol. The third-order valence-electron chi connectivity index (χ3n) is 4.32. The molecule has 2 aromatic rings. The van der Waals surface area contributed by atoms with Crippen molar-refractivity contribution in [3.63, 3.8) is 0 Å². The van der Waals surface area contributed by atoms with Crippen molar-refractivity contribution < 1.29 is 37.5 Å². The molecule has 0 fully saturated rings. The summed E-state index contributed by atoms with van der Waals surface area (Å²) < 4.78 is 0. The first-order valence-corrected chi connectivity index (χ1v) is 11.8. The molecule has 0 saturated heterocycles. The van der Waals surface area contributed by atoms with Crippen molar-refractivity contribution in [2.45, 2.75) is 94.9 Å². The van der Waals surface area contributed by atoms with E-state index >= 15 is 0 Å². The summed E-state index contributed by atoms with van der Waals surface area (Å²) >= 11 is 0. The van der Waals surface area contributed by atoms with Gasteiger partial charge in [0.05, 0.1) is 0 Å². The van der Waals surface area contributed by atoms with E-state index in [-0.39, 0.29) is 50.3 Å². The monoisotopic (exact) mass is 502 g/mol. The smallest absolute Gasteiger partial charge is 0.132 e. The summed E-state index contributed by atoms with van der Waals surface area (Å²) in [5.41, 5.74) is 3.78. The van der Waals surface area contributed by atoms with E-state index in [2.05, 4.69) is 30.5 Å². The van der Waals surface area contributed by atoms with Gasteiger partial charge in [-0.15, -0.1) is 6.07 Å². The Bertz CT molecular complexity index is 590. The van der Waals surface area contributed by atoms with E-state index < -0.39 is 0 Å². The molecule has 3 heteroatoms. The normalized spacial score (nSPS) is 11.3. The van der Waals surface area contributed by atoms with Crippen molar-refractivity contribution in [2.75, 3.05) is 0 Å². The van der Waals surface area contributed by atoms with Crippen molar-refractivity contribution in [1.82, 2.24) is 4.98 Å². The number of hydrogen-bond acceptors (Lipinski definition) is 2. The molecule has 0 N–H and O–H groups in total. The predicted octanol–water partition coefficient (Wildman–Crippen LogP) is 8.50. The number of Topliss-reactive ketones (excluding diaryl/α,β-unsaturated/α-hetero) is 1. The van der Waals surface area contributed by atoms with Crippen LogP contribution in [0.4, 0.5) is 0 Å². The summed E-state index contributed by atoms with van der Waals surface area (Å²) in [7, 11) is 0. The SMILES string of the molecule is CC.CC.CC.CC.CC(=O)C(C)C(C)c1c[c-]ccc1.[Y].c1cnc2c(c1)[CH-]CC2. The Morgan fingerprint density at radius 3 is 2.03 bits per heavy atom. The van der Waals surface area contributed by atoms with Crippen LogP contribution >= 0.6 is 0 Å². The Morgan fingerprint density at radius 1 is 1.00 bits per heavy atom. The van der Waals surface area contributed by atoms with Gasteiger partial charge in [-0.2, -0.15) is 53.9 Å². The first kappa shape index (κ1) is 37.3. The van der Waals surface area contributed by atoms with Gasteiger partial charge in [-0.1, -0.05) is 93.7 Å². The maximum Gasteiger partial charge on any atom is 0.132 e. The van der Waals surface area contributed by atoms with Gasteiger partial charge >= 0.3 is 0 Å². The van der Waals surface area contributed by atoms with Crippen molar-refractivity contribution in [3.05, 3.63) is 71.9 Å². The third-order valence-corrected chi connectivity index (χ3v) is 4.32. The Balaban J connectivity index is -0.000000177. The molecule has 2 nitrogen and oxygen atoms in total. The maximum absolute atomic E-state index is 11.1. The molecule has 2 unspecified atom stereocenters. The molecule has 0 aliphatic heterocycles. The quantitative estimate of drug-likeness (QED) is 0.394. The zero-order valence-electron chi connectivity index (χ0n) is 22.1. The summed E-state index contributed by atoms with van der Waals surface area (Å²) in [6.45, 7) is 21.7. The van der Waals surface area contributed by atoms with Gasteiger partial charge in [-0.3, -0.25) is 4.79 Å². The fourth-order valence-electron chi connectivity index (χ4n) is 2.54. The van der Waals surface area contributed by atoms with Gasteiger partial charge in [0.25, 0.3) is 0 Å². The van der Waals surface area contributed by atoms with Crippen LogP contribution in [0.15, 0.2) is 42.6 Å². The summed E-state index contributed by atoms with van der Waals surface area (Å²) in [5.74, 6) is 0.627. The number of nitrogens with zero attached hydrogens (tertiary/aromatic N) is 1. The maximum atomic E-state index is 11.1. The Hall–Kier alpha value is -0.986. The second-order valence-corrected chi connectivity index (χ2v) is 5.81. The van der Waals surface area contributed by atoms with E-state index in [1.807, 2.05) is 98.8 Å². The predicted molar refractivity (Wildman–Crippen MR) is 135 cm³/mol. The molecule has 31 heavy (non-hydrogen) atoms. The number of benzene rings is 1. The van der Waals surface area contributed by atoms with E-state index in [9.17, 15) is 4.79 Å². The molecule has 2 atom stereocenters. The number of carbonyl (C=O) groups is 1. The second kappa shape index (κ2) is 27.0. The second-order valence-electron chi connectivity index (χ2n) is 5.81. The molecule has 0 spiro atoms. The van der Waals surface area contributed by atoms with Crippen LogP contribution in [0.1, 0.15) is 105 Å². The van der Waals surface area contributed by atoms with E-state index in [1.54, 1.807) is 6.92 Å². The van der Waals surface area contributed by atoms with Gasteiger partial charge in [0.15, 0.2) is 0 Å². The molecule has 1 aliphatic rings. The molecule has 0 saturated carbocycles. The topological polar surface area (TPSA) is 30.0 Å². The molecular weight excluding hydrogens is 455 g/mol. The van der Waals surface area contributed by atoms with Crippen LogP contribution in [0.25, 0.3) is 0 Å². The number of fused-ring (bicyclic) bond motifs is 1. The molecule has 1 heterocycles. The first-order chi connectivity index (χ1) is 14.6. The van der Waals surface area contributed by atoms with Crippen LogP contribution in [0.3, 0.4) is 0 Å². The third kappa shape index (κ3) is 16.3. The van der Waals surface area contributed by atoms with E-state index in [0.29, 0.717) is 0 Å². The molecule has 1 aromatic heterocycles. The van der Waals surface area contributed by atoms with Gasteiger partial charge in [-0.05, 0) is 13.1 Å². The molecular formula is C28H47NOY-2. The molecule has 1 aromatic carbocycles. The van der Waals surface area contributed by atoms with Crippen molar-refractivity contribution >= 4 is 5.78 Å². The van der Waals surface area contributed by atoms with E-state index in [1.165, 1.54) is 23.2 Å². The van der Waals surface area contributed by atoms with Crippen LogP contribution in [-0.4, -0.2) is 10.8 Å².